The van der Waals surface area contributed by atoms with Crippen molar-refractivity contribution in [2.45, 2.75) is 5.16 Å². The third-order valence-electron chi connectivity index (χ3n) is 3.95. The first kappa shape index (κ1) is 18.1. The van der Waals surface area contributed by atoms with Crippen LogP contribution < -0.4 is 0 Å². The minimum Gasteiger partial charge on any atom is -0.348 e. The molecular formula is C19H19FN4OS. The van der Waals surface area contributed by atoms with E-state index in [9.17, 15) is 9.18 Å². The number of carbonyl (C=O) groups excluding carboxylic acids is 1. The van der Waals surface area contributed by atoms with Gasteiger partial charge < -0.3 is 9.47 Å². The summed E-state index contributed by atoms with van der Waals surface area (Å²) in [6.45, 7) is 0. The number of nitrogens with zero attached hydrogens (tertiary/aromatic N) is 4. The molecule has 0 fully saturated rings. The van der Waals surface area contributed by atoms with Crippen molar-refractivity contribution in [3.05, 3.63) is 54.6 Å². The molecular weight excluding hydrogens is 351 g/mol. The van der Waals surface area contributed by atoms with Crippen molar-refractivity contribution < 1.29 is 9.18 Å². The van der Waals surface area contributed by atoms with Crippen LogP contribution in [0.25, 0.3) is 22.5 Å². The number of rotatable bonds is 5. The number of imidazole rings is 1. The second-order valence-electron chi connectivity index (χ2n) is 5.97. The molecule has 0 aliphatic heterocycles. The zero-order chi connectivity index (χ0) is 18.7. The Labute approximate surface area is 155 Å². The normalized spacial score (nSPS) is 10.8. The Hall–Kier alpha value is -2.67. The molecule has 0 bridgehead atoms. The highest BCUT2D eigenvalue weighted by Gasteiger charge is 2.19. The van der Waals surface area contributed by atoms with E-state index in [1.807, 2.05) is 23.7 Å². The van der Waals surface area contributed by atoms with E-state index in [4.69, 9.17) is 4.98 Å². The number of carbonyl (C=O) groups is 1. The quantitative estimate of drug-likeness (QED) is 0.646. The van der Waals surface area contributed by atoms with Gasteiger partial charge in [-0.05, 0) is 36.4 Å². The molecule has 2 heterocycles. The molecule has 3 aromatic rings. The number of amides is 1. The predicted octanol–water partition coefficient (Wildman–Crippen LogP) is 3.47. The zero-order valence-electron chi connectivity index (χ0n) is 14.8. The first-order chi connectivity index (χ1) is 12.5. The van der Waals surface area contributed by atoms with Crippen molar-refractivity contribution in [1.29, 1.82) is 0 Å². The monoisotopic (exact) mass is 370 g/mol. The number of halogens is 1. The largest absolute Gasteiger partial charge is 0.348 e. The Morgan fingerprint density at radius 2 is 1.77 bits per heavy atom. The van der Waals surface area contributed by atoms with Gasteiger partial charge in [-0.1, -0.05) is 11.8 Å². The summed E-state index contributed by atoms with van der Waals surface area (Å²) in [4.78, 5) is 22.3. The predicted molar refractivity (Wildman–Crippen MR) is 101 cm³/mol. The number of pyridine rings is 1. The zero-order valence-corrected chi connectivity index (χ0v) is 15.6. The third-order valence-corrected chi connectivity index (χ3v) is 4.96. The smallest absolute Gasteiger partial charge is 0.232 e. The Kier molecular flexibility index (Phi) is 5.37. The summed E-state index contributed by atoms with van der Waals surface area (Å²) in [6.07, 6.45) is 3.44. The molecule has 26 heavy (non-hydrogen) atoms. The van der Waals surface area contributed by atoms with Crippen molar-refractivity contribution in [3.63, 3.8) is 0 Å². The van der Waals surface area contributed by atoms with E-state index in [0.717, 1.165) is 27.7 Å². The van der Waals surface area contributed by atoms with E-state index in [0.29, 0.717) is 5.75 Å². The number of thioether (sulfide) groups is 1. The molecule has 0 saturated heterocycles. The van der Waals surface area contributed by atoms with E-state index in [2.05, 4.69) is 4.98 Å². The van der Waals surface area contributed by atoms with Gasteiger partial charge in [-0.25, -0.2) is 9.37 Å². The van der Waals surface area contributed by atoms with Gasteiger partial charge in [0.25, 0.3) is 0 Å². The van der Waals surface area contributed by atoms with Crippen molar-refractivity contribution in [2.24, 2.45) is 7.05 Å². The summed E-state index contributed by atoms with van der Waals surface area (Å²) in [7, 11) is 5.37. The van der Waals surface area contributed by atoms with Gasteiger partial charge in [0.1, 0.15) is 5.82 Å². The van der Waals surface area contributed by atoms with E-state index < -0.39 is 0 Å². The maximum Gasteiger partial charge on any atom is 0.232 e. The van der Waals surface area contributed by atoms with Crippen molar-refractivity contribution in [2.75, 3.05) is 19.8 Å². The highest BCUT2D eigenvalue weighted by atomic mass is 32.2. The van der Waals surface area contributed by atoms with Crippen LogP contribution in [-0.4, -0.2) is 45.2 Å². The fourth-order valence-electron chi connectivity index (χ4n) is 2.51. The van der Waals surface area contributed by atoms with Crippen LogP contribution in [0.5, 0.6) is 0 Å². The molecule has 0 aliphatic carbocycles. The maximum absolute atomic E-state index is 13.3. The van der Waals surface area contributed by atoms with E-state index in [-0.39, 0.29) is 11.7 Å². The van der Waals surface area contributed by atoms with Crippen LogP contribution in [0.4, 0.5) is 4.39 Å². The average molecular weight is 370 g/mol. The molecule has 0 N–H and O–H groups in total. The Bertz CT molecular complexity index is 907. The van der Waals surface area contributed by atoms with Crippen LogP contribution in [0.2, 0.25) is 0 Å². The number of hydrogen-bond donors (Lipinski definition) is 0. The van der Waals surface area contributed by atoms with Crippen LogP contribution in [0.15, 0.2) is 53.9 Å². The topological polar surface area (TPSA) is 51.0 Å². The summed E-state index contributed by atoms with van der Waals surface area (Å²) >= 11 is 1.38. The van der Waals surface area contributed by atoms with E-state index in [1.54, 1.807) is 43.5 Å². The van der Waals surface area contributed by atoms with Crippen LogP contribution >= 0.6 is 11.8 Å². The second kappa shape index (κ2) is 7.70. The molecule has 1 aromatic carbocycles. The standard InChI is InChI=1S/C19H19FN4OS/c1-23(2)16(25)12-26-19-22-17(13-4-6-15(20)7-5-13)18(24(19)3)14-8-10-21-11-9-14/h4-11H,12H2,1-3H3. The van der Waals surface area contributed by atoms with Gasteiger partial charge in [-0.15, -0.1) is 0 Å². The van der Waals surface area contributed by atoms with Crippen molar-refractivity contribution >= 4 is 17.7 Å². The van der Waals surface area contributed by atoms with Crippen LogP contribution in [0, 0.1) is 5.82 Å². The second-order valence-corrected chi connectivity index (χ2v) is 6.91. The molecule has 0 aliphatic rings. The van der Waals surface area contributed by atoms with Gasteiger partial charge in [0.05, 0.1) is 17.1 Å². The highest BCUT2D eigenvalue weighted by Crippen LogP contribution is 2.35. The minimum absolute atomic E-state index is 0.0202. The summed E-state index contributed by atoms with van der Waals surface area (Å²) < 4.78 is 15.3. The fourth-order valence-corrected chi connectivity index (χ4v) is 3.46. The molecule has 3 rings (SSSR count). The number of aromatic nitrogens is 3. The molecule has 0 spiro atoms. The van der Waals surface area contributed by atoms with Crippen LogP contribution in [0.3, 0.4) is 0 Å². The molecule has 0 radical (unpaired) electrons. The lowest BCUT2D eigenvalue weighted by Crippen LogP contribution is -2.23. The first-order valence-corrected chi connectivity index (χ1v) is 9.02. The lowest BCUT2D eigenvalue weighted by atomic mass is 10.1. The SMILES string of the molecule is CN(C)C(=O)CSc1nc(-c2ccc(F)cc2)c(-c2ccncc2)n1C. The Morgan fingerprint density at radius 1 is 1.12 bits per heavy atom. The summed E-state index contributed by atoms with van der Waals surface area (Å²) in [5.74, 6) is 0.0318. The van der Waals surface area contributed by atoms with E-state index >= 15 is 0 Å². The molecule has 5 nitrogen and oxygen atoms in total. The van der Waals surface area contributed by atoms with Gasteiger partial charge in [0.2, 0.25) is 5.91 Å². The fraction of sp³-hybridized carbons (Fsp3) is 0.211. The summed E-state index contributed by atoms with van der Waals surface area (Å²) in [6, 6.07) is 10.1. The minimum atomic E-state index is -0.290. The molecule has 134 valence electrons. The van der Waals surface area contributed by atoms with Gasteiger partial charge in [-0.2, -0.15) is 0 Å². The Balaban J connectivity index is 2.05. The first-order valence-electron chi connectivity index (χ1n) is 8.03. The van der Waals surface area contributed by atoms with Gasteiger partial charge in [0.15, 0.2) is 5.16 Å². The van der Waals surface area contributed by atoms with Crippen molar-refractivity contribution in [3.8, 4) is 22.5 Å². The molecule has 2 aromatic heterocycles. The number of benzene rings is 1. The van der Waals surface area contributed by atoms with Crippen molar-refractivity contribution in [1.82, 2.24) is 19.4 Å². The van der Waals surface area contributed by atoms with Crippen LogP contribution in [-0.2, 0) is 11.8 Å². The maximum atomic E-state index is 13.3. The van der Waals surface area contributed by atoms with Gasteiger partial charge in [0, 0.05) is 44.7 Å². The van der Waals surface area contributed by atoms with Crippen LogP contribution in [0.1, 0.15) is 0 Å². The van der Waals surface area contributed by atoms with E-state index in [1.165, 1.54) is 23.9 Å². The molecule has 7 heteroatoms. The molecule has 1 amide bonds. The number of hydrogen-bond acceptors (Lipinski definition) is 4. The lowest BCUT2D eigenvalue weighted by molar-refractivity contribution is -0.125. The molecule has 0 atom stereocenters. The van der Waals surface area contributed by atoms with Gasteiger partial charge in [-0.3, -0.25) is 9.78 Å². The summed E-state index contributed by atoms with van der Waals surface area (Å²) in [5.41, 5.74) is 3.43. The summed E-state index contributed by atoms with van der Waals surface area (Å²) in [5, 5.41) is 0.728. The lowest BCUT2D eigenvalue weighted by Gasteiger charge is -2.10. The molecule has 0 unspecified atom stereocenters. The average Bonchev–Trinajstić information content (AvgIpc) is 2.97. The Morgan fingerprint density at radius 3 is 2.38 bits per heavy atom. The highest BCUT2D eigenvalue weighted by molar-refractivity contribution is 7.99. The third kappa shape index (κ3) is 3.77. The van der Waals surface area contributed by atoms with Gasteiger partial charge >= 0.3 is 0 Å². The molecule has 0 saturated carbocycles.